The highest BCUT2D eigenvalue weighted by Crippen LogP contribution is 2.33. The van der Waals surface area contributed by atoms with Crippen LogP contribution in [-0.4, -0.2) is 54.8 Å². The molecule has 3 heterocycles. The van der Waals surface area contributed by atoms with E-state index in [0.717, 1.165) is 67.3 Å². The molecular weight excluding hydrogens is 324 g/mol. The SMILES string of the molecule is CC1(N2CCN(c3cc4cc(N)ncc4cc3Cl)CC2)CCOC1. The van der Waals surface area contributed by atoms with E-state index in [4.69, 9.17) is 22.1 Å². The third kappa shape index (κ3) is 2.81. The molecule has 5 nitrogen and oxygen atoms in total. The molecule has 2 aliphatic heterocycles. The monoisotopic (exact) mass is 346 g/mol. The number of benzene rings is 1. The lowest BCUT2D eigenvalue weighted by molar-refractivity contribution is 0.0745. The smallest absolute Gasteiger partial charge is 0.123 e. The van der Waals surface area contributed by atoms with Crippen LogP contribution < -0.4 is 10.6 Å². The summed E-state index contributed by atoms with van der Waals surface area (Å²) in [5.41, 5.74) is 7.10. The number of hydrogen-bond acceptors (Lipinski definition) is 5. The van der Waals surface area contributed by atoms with Gasteiger partial charge in [-0.25, -0.2) is 4.98 Å². The van der Waals surface area contributed by atoms with E-state index in [2.05, 4.69) is 27.8 Å². The standard InChI is InChI=1S/C18H23ClN4O/c1-18(2-7-24-12-18)23-5-3-22(4-6-23)16-9-13-10-17(20)21-11-14(13)8-15(16)19/h8-11H,2-7,12H2,1H3,(H2,20,21). The van der Waals surface area contributed by atoms with Crippen LogP contribution in [0, 0.1) is 0 Å². The highest BCUT2D eigenvalue weighted by Gasteiger charge is 2.37. The summed E-state index contributed by atoms with van der Waals surface area (Å²) in [5.74, 6) is 0.537. The molecule has 6 heteroatoms. The first kappa shape index (κ1) is 15.9. The van der Waals surface area contributed by atoms with Crippen LogP contribution in [0.3, 0.4) is 0 Å². The molecule has 0 aliphatic carbocycles. The molecule has 0 amide bonds. The van der Waals surface area contributed by atoms with Gasteiger partial charge in [0.05, 0.1) is 17.3 Å². The van der Waals surface area contributed by atoms with Gasteiger partial charge in [0.15, 0.2) is 0 Å². The molecular formula is C18H23ClN4O. The average molecular weight is 347 g/mol. The second kappa shape index (κ2) is 6.06. The van der Waals surface area contributed by atoms with Crippen molar-refractivity contribution < 1.29 is 4.74 Å². The summed E-state index contributed by atoms with van der Waals surface area (Å²) < 4.78 is 5.61. The van der Waals surface area contributed by atoms with Crippen LogP contribution in [0.1, 0.15) is 13.3 Å². The number of rotatable bonds is 2. The zero-order valence-electron chi connectivity index (χ0n) is 14.0. The normalized spacial score (nSPS) is 25.5. The van der Waals surface area contributed by atoms with E-state index in [1.165, 1.54) is 0 Å². The van der Waals surface area contributed by atoms with Gasteiger partial charge in [0.25, 0.3) is 0 Å². The first-order chi connectivity index (χ1) is 11.5. The van der Waals surface area contributed by atoms with Crippen molar-refractivity contribution in [2.45, 2.75) is 18.9 Å². The average Bonchev–Trinajstić information content (AvgIpc) is 3.03. The number of halogens is 1. The predicted molar refractivity (Wildman–Crippen MR) is 98.8 cm³/mol. The molecule has 0 bridgehead atoms. The van der Waals surface area contributed by atoms with E-state index in [9.17, 15) is 0 Å². The van der Waals surface area contributed by atoms with Crippen molar-refractivity contribution in [2.24, 2.45) is 0 Å². The van der Waals surface area contributed by atoms with Crippen molar-refractivity contribution in [2.75, 3.05) is 50.0 Å². The zero-order chi connectivity index (χ0) is 16.7. The number of ether oxygens (including phenoxy) is 1. The largest absolute Gasteiger partial charge is 0.384 e. The Labute approximate surface area is 147 Å². The molecule has 2 aliphatic rings. The minimum absolute atomic E-state index is 0.194. The summed E-state index contributed by atoms with van der Waals surface area (Å²) >= 11 is 6.53. The molecule has 2 fully saturated rings. The molecule has 1 aromatic carbocycles. The summed E-state index contributed by atoms with van der Waals surface area (Å²) in [7, 11) is 0. The molecule has 24 heavy (non-hydrogen) atoms. The molecule has 2 N–H and O–H groups in total. The predicted octanol–water partition coefficient (Wildman–Crippen LogP) is 2.77. The first-order valence-electron chi connectivity index (χ1n) is 8.48. The van der Waals surface area contributed by atoms with Crippen LogP contribution in [0.4, 0.5) is 11.5 Å². The van der Waals surface area contributed by atoms with Gasteiger partial charge in [0, 0.05) is 49.9 Å². The van der Waals surface area contributed by atoms with Gasteiger partial charge in [0.1, 0.15) is 5.82 Å². The molecule has 1 aromatic heterocycles. The molecule has 4 rings (SSSR count). The van der Waals surface area contributed by atoms with E-state index in [0.29, 0.717) is 5.82 Å². The Bertz CT molecular complexity index is 752. The number of piperazine rings is 1. The van der Waals surface area contributed by atoms with Crippen molar-refractivity contribution >= 4 is 33.9 Å². The van der Waals surface area contributed by atoms with Gasteiger partial charge in [0.2, 0.25) is 0 Å². The van der Waals surface area contributed by atoms with Crippen LogP contribution in [0.15, 0.2) is 24.4 Å². The first-order valence-corrected chi connectivity index (χ1v) is 8.85. The molecule has 1 atom stereocenters. The van der Waals surface area contributed by atoms with Crippen LogP contribution in [0.2, 0.25) is 5.02 Å². The number of pyridine rings is 1. The summed E-state index contributed by atoms with van der Waals surface area (Å²) in [4.78, 5) is 9.07. The lowest BCUT2D eigenvalue weighted by atomic mass is 9.98. The topological polar surface area (TPSA) is 54.6 Å². The molecule has 128 valence electrons. The third-order valence-electron chi connectivity index (χ3n) is 5.39. The number of aromatic nitrogens is 1. The van der Waals surface area contributed by atoms with E-state index in [1.54, 1.807) is 6.20 Å². The minimum Gasteiger partial charge on any atom is -0.384 e. The van der Waals surface area contributed by atoms with Gasteiger partial charge >= 0.3 is 0 Å². The van der Waals surface area contributed by atoms with Crippen molar-refractivity contribution in [3.05, 3.63) is 29.4 Å². The van der Waals surface area contributed by atoms with Gasteiger partial charge in [-0.15, -0.1) is 0 Å². The molecule has 1 unspecified atom stereocenters. The van der Waals surface area contributed by atoms with Crippen LogP contribution >= 0.6 is 11.6 Å². The summed E-state index contributed by atoms with van der Waals surface area (Å²) in [5, 5.41) is 2.88. The molecule has 2 aromatic rings. The van der Waals surface area contributed by atoms with Gasteiger partial charge in [-0.2, -0.15) is 0 Å². The highest BCUT2D eigenvalue weighted by atomic mass is 35.5. The van der Waals surface area contributed by atoms with Crippen molar-refractivity contribution in [1.82, 2.24) is 9.88 Å². The number of fused-ring (bicyclic) bond motifs is 1. The van der Waals surface area contributed by atoms with Crippen molar-refractivity contribution in [3.63, 3.8) is 0 Å². The third-order valence-corrected chi connectivity index (χ3v) is 5.69. The quantitative estimate of drug-likeness (QED) is 0.906. The number of nitrogen functional groups attached to an aromatic ring is 1. The van der Waals surface area contributed by atoms with Gasteiger partial charge in [-0.1, -0.05) is 11.6 Å². The van der Waals surface area contributed by atoms with E-state index >= 15 is 0 Å². The van der Waals surface area contributed by atoms with Crippen molar-refractivity contribution in [1.29, 1.82) is 0 Å². The highest BCUT2D eigenvalue weighted by molar-refractivity contribution is 6.34. The second-order valence-electron chi connectivity index (χ2n) is 7.03. The van der Waals surface area contributed by atoms with Gasteiger partial charge in [-0.05, 0) is 36.9 Å². The summed E-state index contributed by atoms with van der Waals surface area (Å²) in [6.45, 7) is 8.05. The number of hydrogen-bond donors (Lipinski definition) is 1. The van der Waals surface area contributed by atoms with E-state index in [1.807, 2.05) is 12.1 Å². The number of nitrogens with zero attached hydrogens (tertiary/aromatic N) is 3. The maximum atomic E-state index is 6.53. The molecule has 0 spiro atoms. The Morgan fingerprint density at radius 1 is 1.17 bits per heavy atom. The fraction of sp³-hybridized carbons (Fsp3) is 0.500. The minimum atomic E-state index is 0.194. The number of nitrogens with two attached hydrogens (primary N) is 1. The Kier molecular flexibility index (Phi) is 4.03. The Morgan fingerprint density at radius 2 is 1.96 bits per heavy atom. The summed E-state index contributed by atoms with van der Waals surface area (Å²) in [6.07, 6.45) is 2.90. The Balaban J connectivity index is 1.55. The zero-order valence-corrected chi connectivity index (χ0v) is 14.7. The second-order valence-corrected chi connectivity index (χ2v) is 7.44. The van der Waals surface area contributed by atoms with Crippen LogP contribution in [-0.2, 0) is 4.74 Å². The Morgan fingerprint density at radius 3 is 2.67 bits per heavy atom. The van der Waals surface area contributed by atoms with Crippen LogP contribution in [0.25, 0.3) is 10.8 Å². The van der Waals surface area contributed by atoms with E-state index < -0.39 is 0 Å². The lowest BCUT2D eigenvalue weighted by Gasteiger charge is -2.44. The lowest BCUT2D eigenvalue weighted by Crippen LogP contribution is -2.56. The fourth-order valence-corrected chi connectivity index (χ4v) is 4.10. The van der Waals surface area contributed by atoms with Crippen LogP contribution in [0.5, 0.6) is 0 Å². The summed E-state index contributed by atoms with van der Waals surface area (Å²) in [6, 6.07) is 6.02. The van der Waals surface area contributed by atoms with Crippen molar-refractivity contribution in [3.8, 4) is 0 Å². The fourth-order valence-electron chi connectivity index (χ4n) is 3.81. The number of anilines is 2. The maximum Gasteiger partial charge on any atom is 0.123 e. The molecule has 0 radical (unpaired) electrons. The maximum absolute atomic E-state index is 6.53. The van der Waals surface area contributed by atoms with Gasteiger partial charge < -0.3 is 15.4 Å². The molecule has 2 saturated heterocycles. The molecule has 0 saturated carbocycles. The Hall–Kier alpha value is -1.56. The van der Waals surface area contributed by atoms with Gasteiger partial charge in [-0.3, -0.25) is 4.90 Å². The van der Waals surface area contributed by atoms with E-state index in [-0.39, 0.29) is 5.54 Å².